The highest BCUT2D eigenvalue weighted by atomic mass is 16.5. The van der Waals surface area contributed by atoms with Gasteiger partial charge in [0.05, 0.1) is 0 Å². The van der Waals surface area contributed by atoms with Gasteiger partial charge in [-0.2, -0.15) is 0 Å². The van der Waals surface area contributed by atoms with Crippen molar-refractivity contribution in [1.29, 1.82) is 0 Å². The first-order valence-electron chi connectivity index (χ1n) is 5.57. The van der Waals surface area contributed by atoms with Gasteiger partial charge in [0.2, 0.25) is 0 Å². The number of carboxylic acids is 1. The first-order valence-corrected chi connectivity index (χ1v) is 5.57. The maximum Gasteiger partial charge on any atom is 0.324 e. The van der Waals surface area contributed by atoms with Crippen LogP contribution < -0.4 is 10.1 Å². The monoisotopic (exact) mass is 237 g/mol. The molecule has 0 bridgehead atoms. The fraction of sp³-hybridized carbons (Fsp3) is 0.417. The van der Waals surface area contributed by atoms with Crippen molar-refractivity contribution < 1.29 is 19.7 Å². The average molecular weight is 237 g/mol. The predicted molar refractivity (Wildman–Crippen MR) is 61.3 cm³/mol. The van der Waals surface area contributed by atoms with Crippen LogP contribution >= 0.6 is 0 Å². The molecule has 5 nitrogen and oxygen atoms in total. The van der Waals surface area contributed by atoms with Crippen molar-refractivity contribution in [2.45, 2.75) is 25.5 Å². The summed E-state index contributed by atoms with van der Waals surface area (Å²) in [6, 6.07) is 4.33. The van der Waals surface area contributed by atoms with E-state index in [0.29, 0.717) is 18.7 Å². The Balaban J connectivity index is 2.18. The quantitative estimate of drug-likeness (QED) is 0.720. The van der Waals surface area contributed by atoms with Crippen molar-refractivity contribution in [3.8, 4) is 11.5 Å². The number of rotatable bonds is 4. The third-order valence-corrected chi connectivity index (χ3v) is 2.83. The van der Waals surface area contributed by atoms with Gasteiger partial charge in [-0.15, -0.1) is 0 Å². The molecule has 0 spiro atoms. The Morgan fingerprint density at radius 1 is 1.65 bits per heavy atom. The number of carboxylic acid groups (broad SMARTS) is 1. The van der Waals surface area contributed by atoms with Crippen molar-refractivity contribution in [3.63, 3.8) is 0 Å². The molecule has 0 fully saturated rings. The van der Waals surface area contributed by atoms with Gasteiger partial charge in [0.25, 0.3) is 0 Å². The molecule has 0 aromatic heterocycles. The molecule has 0 aliphatic carbocycles. The molecular formula is C12H15NO4. The third-order valence-electron chi connectivity index (χ3n) is 2.83. The molecule has 1 aromatic carbocycles. The summed E-state index contributed by atoms with van der Waals surface area (Å²) in [5.74, 6) is -0.476. The SMILES string of the molecule is CCNC(C(=O)O)C1Cc2cccc(O)c2O1. The lowest BCUT2D eigenvalue weighted by molar-refractivity contribution is -0.141. The van der Waals surface area contributed by atoms with E-state index in [1.54, 1.807) is 6.07 Å². The fourth-order valence-corrected chi connectivity index (χ4v) is 2.06. The van der Waals surface area contributed by atoms with Crippen molar-refractivity contribution in [1.82, 2.24) is 5.32 Å². The summed E-state index contributed by atoms with van der Waals surface area (Å²) in [5.41, 5.74) is 0.846. The first kappa shape index (κ1) is 11.7. The molecule has 5 heteroatoms. The minimum absolute atomic E-state index is 0.0608. The number of phenolic OH excluding ortho intramolecular Hbond substituents is 1. The number of phenols is 1. The molecular weight excluding hydrogens is 222 g/mol. The lowest BCUT2D eigenvalue weighted by Crippen LogP contribution is -2.48. The molecule has 2 unspecified atom stereocenters. The Morgan fingerprint density at radius 3 is 3.00 bits per heavy atom. The Bertz CT molecular complexity index is 433. The summed E-state index contributed by atoms with van der Waals surface area (Å²) < 4.78 is 5.52. The zero-order valence-electron chi connectivity index (χ0n) is 9.51. The Labute approximate surface area is 99.0 Å². The van der Waals surface area contributed by atoms with Crippen LogP contribution in [0.15, 0.2) is 18.2 Å². The van der Waals surface area contributed by atoms with E-state index in [9.17, 15) is 9.90 Å². The van der Waals surface area contributed by atoms with Gasteiger partial charge in [-0.05, 0) is 12.6 Å². The predicted octanol–water partition coefficient (Wildman–Crippen LogP) is 0.758. The summed E-state index contributed by atoms with van der Waals surface area (Å²) in [5, 5.41) is 21.6. The van der Waals surface area contributed by atoms with Gasteiger partial charge >= 0.3 is 5.97 Å². The van der Waals surface area contributed by atoms with Crippen LogP contribution in [0.4, 0.5) is 0 Å². The molecule has 1 aromatic rings. The van der Waals surface area contributed by atoms with Gasteiger partial charge in [0, 0.05) is 12.0 Å². The molecule has 3 N–H and O–H groups in total. The number of fused-ring (bicyclic) bond motifs is 1. The molecule has 2 rings (SSSR count). The van der Waals surface area contributed by atoms with Crippen LogP contribution in [0.1, 0.15) is 12.5 Å². The number of nitrogens with one attached hydrogen (secondary N) is 1. The van der Waals surface area contributed by atoms with Gasteiger partial charge in [0.1, 0.15) is 12.1 Å². The number of aliphatic carboxylic acids is 1. The summed E-state index contributed by atoms with van der Waals surface area (Å²) in [7, 11) is 0. The van der Waals surface area contributed by atoms with Gasteiger partial charge in [-0.1, -0.05) is 19.1 Å². The standard InChI is InChI=1S/C12H15NO4/c1-2-13-10(12(15)16)9-6-7-4-3-5-8(14)11(7)17-9/h3-5,9-10,13-14H,2,6H2,1H3,(H,15,16). The molecule has 0 amide bonds. The van der Waals surface area contributed by atoms with Crippen LogP contribution in [0.5, 0.6) is 11.5 Å². The molecule has 2 atom stereocenters. The maximum atomic E-state index is 11.1. The summed E-state index contributed by atoms with van der Waals surface area (Å²) in [4.78, 5) is 11.1. The summed E-state index contributed by atoms with van der Waals surface area (Å²) in [6.07, 6.45) is 0.0176. The number of ether oxygens (including phenoxy) is 1. The fourth-order valence-electron chi connectivity index (χ4n) is 2.06. The molecule has 1 heterocycles. The molecule has 0 saturated carbocycles. The molecule has 1 aliphatic heterocycles. The Hall–Kier alpha value is -1.75. The van der Waals surface area contributed by atoms with E-state index in [0.717, 1.165) is 5.56 Å². The minimum atomic E-state index is -0.941. The topological polar surface area (TPSA) is 78.8 Å². The number of carbonyl (C=O) groups is 1. The zero-order valence-corrected chi connectivity index (χ0v) is 9.51. The zero-order chi connectivity index (χ0) is 12.4. The highest BCUT2D eigenvalue weighted by molar-refractivity contribution is 5.74. The van der Waals surface area contributed by atoms with Gasteiger partial charge in [0.15, 0.2) is 11.5 Å². The Morgan fingerprint density at radius 2 is 2.41 bits per heavy atom. The first-order chi connectivity index (χ1) is 8.13. The second-order valence-electron chi connectivity index (χ2n) is 4.00. The highest BCUT2D eigenvalue weighted by Crippen LogP contribution is 2.37. The van der Waals surface area contributed by atoms with E-state index in [-0.39, 0.29) is 5.75 Å². The molecule has 1 aliphatic rings. The second kappa shape index (κ2) is 4.63. The van der Waals surface area contributed by atoms with Crippen LogP contribution in [0.2, 0.25) is 0 Å². The maximum absolute atomic E-state index is 11.1. The van der Waals surface area contributed by atoms with Gasteiger partial charge < -0.3 is 20.3 Å². The number of benzene rings is 1. The van der Waals surface area contributed by atoms with Crippen molar-refractivity contribution >= 4 is 5.97 Å². The summed E-state index contributed by atoms with van der Waals surface area (Å²) >= 11 is 0. The molecule has 0 saturated heterocycles. The smallest absolute Gasteiger partial charge is 0.324 e. The van der Waals surface area contributed by atoms with Crippen molar-refractivity contribution in [2.75, 3.05) is 6.54 Å². The minimum Gasteiger partial charge on any atom is -0.504 e. The number of hydrogen-bond acceptors (Lipinski definition) is 4. The highest BCUT2D eigenvalue weighted by Gasteiger charge is 2.35. The normalized spacial score (nSPS) is 19.5. The number of para-hydroxylation sites is 1. The van der Waals surface area contributed by atoms with Crippen molar-refractivity contribution in [2.24, 2.45) is 0 Å². The van der Waals surface area contributed by atoms with E-state index in [2.05, 4.69) is 5.32 Å². The van der Waals surface area contributed by atoms with Gasteiger partial charge in [-0.3, -0.25) is 4.79 Å². The van der Waals surface area contributed by atoms with Crippen molar-refractivity contribution in [3.05, 3.63) is 23.8 Å². The second-order valence-corrected chi connectivity index (χ2v) is 4.00. The molecule has 92 valence electrons. The third kappa shape index (κ3) is 2.19. The van der Waals surface area contributed by atoms with Crippen LogP contribution in [-0.2, 0) is 11.2 Å². The Kier molecular flexibility index (Phi) is 3.19. The van der Waals surface area contributed by atoms with Gasteiger partial charge in [-0.25, -0.2) is 0 Å². The lowest BCUT2D eigenvalue weighted by Gasteiger charge is -2.19. The van der Waals surface area contributed by atoms with E-state index < -0.39 is 18.1 Å². The molecule has 17 heavy (non-hydrogen) atoms. The van der Waals surface area contributed by atoms with E-state index in [1.807, 2.05) is 13.0 Å². The molecule has 0 radical (unpaired) electrons. The van der Waals surface area contributed by atoms with Crippen LogP contribution in [0, 0.1) is 0 Å². The number of likely N-dealkylation sites (N-methyl/N-ethyl adjacent to an activating group) is 1. The lowest BCUT2D eigenvalue weighted by atomic mass is 10.0. The van der Waals surface area contributed by atoms with Crippen LogP contribution in [-0.4, -0.2) is 34.9 Å². The number of hydrogen-bond donors (Lipinski definition) is 3. The van der Waals surface area contributed by atoms with E-state index in [4.69, 9.17) is 9.84 Å². The average Bonchev–Trinajstić information content (AvgIpc) is 2.70. The van der Waals surface area contributed by atoms with E-state index >= 15 is 0 Å². The summed E-state index contributed by atoms with van der Waals surface area (Å²) in [6.45, 7) is 2.40. The number of aromatic hydroxyl groups is 1. The van der Waals surface area contributed by atoms with Crippen LogP contribution in [0.3, 0.4) is 0 Å². The largest absolute Gasteiger partial charge is 0.504 e. The van der Waals surface area contributed by atoms with E-state index in [1.165, 1.54) is 6.07 Å². The van der Waals surface area contributed by atoms with Crippen LogP contribution in [0.25, 0.3) is 0 Å².